The first-order valence-electron chi connectivity index (χ1n) is 10.6. The molecule has 0 unspecified atom stereocenters. The Morgan fingerprint density at radius 3 is 2.65 bits per heavy atom. The molecule has 34 heavy (non-hydrogen) atoms. The van der Waals surface area contributed by atoms with Gasteiger partial charge in [-0.2, -0.15) is 19.6 Å². The van der Waals surface area contributed by atoms with Crippen LogP contribution in [0.4, 0.5) is 11.8 Å². The molecule has 5 heterocycles. The van der Waals surface area contributed by atoms with E-state index in [0.717, 1.165) is 39.6 Å². The van der Waals surface area contributed by atoms with Crippen LogP contribution in [0.2, 0.25) is 0 Å². The van der Waals surface area contributed by atoms with Gasteiger partial charge in [0.05, 0.1) is 23.1 Å². The summed E-state index contributed by atoms with van der Waals surface area (Å²) in [5.74, 6) is 2.76. The fraction of sp³-hybridized carbons (Fsp3) is 0.0870. The highest BCUT2D eigenvalue weighted by molar-refractivity contribution is 5.82. The number of hydrogen-bond acceptors (Lipinski definition) is 8. The van der Waals surface area contributed by atoms with E-state index in [2.05, 4.69) is 40.8 Å². The predicted octanol–water partition coefficient (Wildman–Crippen LogP) is 3.24. The molecule has 11 nitrogen and oxygen atoms in total. The number of hydrogen-bond donors (Lipinski definition) is 1. The van der Waals surface area contributed by atoms with E-state index in [0.29, 0.717) is 11.8 Å². The number of fused-ring (bicyclic) bond motifs is 1. The van der Waals surface area contributed by atoms with Gasteiger partial charge in [-0.15, -0.1) is 5.10 Å². The van der Waals surface area contributed by atoms with Crippen LogP contribution in [0.1, 0.15) is 5.69 Å². The molecule has 0 aliphatic heterocycles. The summed E-state index contributed by atoms with van der Waals surface area (Å²) < 4.78 is 5.25. The summed E-state index contributed by atoms with van der Waals surface area (Å²) in [6, 6.07) is 17.3. The largest absolute Gasteiger partial charge is 0.309 e. The molecule has 5 aromatic heterocycles. The first kappa shape index (κ1) is 19.7. The Labute approximate surface area is 193 Å². The fourth-order valence-corrected chi connectivity index (χ4v) is 3.73. The Morgan fingerprint density at radius 2 is 1.82 bits per heavy atom. The molecule has 0 aliphatic carbocycles. The molecule has 0 bridgehead atoms. The van der Waals surface area contributed by atoms with Crippen LogP contribution in [0.3, 0.4) is 0 Å². The third-order valence-electron chi connectivity index (χ3n) is 5.35. The zero-order chi connectivity index (χ0) is 23.1. The lowest BCUT2D eigenvalue weighted by molar-refractivity contribution is 0.732. The molecular weight excluding hydrogens is 430 g/mol. The first-order chi connectivity index (χ1) is 16.7. The Bertz CT molecular complexity index is 1610. The number of nitrogens with one attached hydrogen (secondary N) is 1. The van der Waals surface area contributed by atoms with Crippen LogP contribution in [0.25, 0.3) is 33.9 Å². The third kappa shape index (κ3) is 3.45. The lowest BCUT2D eigenvalue weighted by atomic mass is 10.1. The minimum absolute atomic E-state index is 0.486. The number of aryl methyl sites for hydroxylation is 2. The van der Waals surface area contributed by atoms with Gasteiger partial charge in [-0.1, -0.05) is 17.3 Å². The smallest absolute Gasteiger partial charge is 0.228 e. The van der Waals surface area contributed by atoms with E-state index in [4.69, 9.17) is 0 Å². The first-order valence-corrected chi connectivity index (χ1v) is 10.6. The molecule has 6 rings (SSSR count). The fourth-order valence-electron chi connectivity index (χ4n) is 3.73. The van der Waals surface area contributed by atoms with Crippen molar-refractivity contribution in [2.45, 2.75) is 6.92 Å². The monoisotopic (exact) mass is 449 g/mol. The van der Waals surface area contributed by atoms with Gasteiger partial charge in [0, 0.05) is 37.1 Å². The Hall–Kier alpha value is -4.93. The van der Waals surface area contributed by atoms with Crippen LogP contribution >= 0.6 is 0 Å². The van der Waals surface area contributed by atoms with E-state index >= 15 is 0 Å². The number of anilines is 2. The minimum Gasteiger partial charge on any atom is -0.309 e. The van der Waals surface area contributed by atoms with Crippen molar-refractivity contribution in [1.82, 2.24) is 49.5 Å². The summed E-state index contributed by atoms with van der Waals surface area (Å²) in [6.07, 6.45) is 5.17. The van der Waals surface area contributed by atoms with E-state index in [1.54, 1.807) is 32.6 Å². The lowest BCUT2D eigenvalue weighted by Gasteiger charge is -2.08. The van der Waals surface area contributed by atoms with Gasteiger partial charge in [0.1, 0.15) is 11.3 Å². The molecule has 1 aromatic carbocycles. The molecule has 0 saturated heterocycles. The maximum atomic E-state index is 4.65. The van der Waals surface area contributed by atoms with Gasteiger partial charge in [0.15, 0.2) is 11.6 Å². The van der Waals surface area contributed by atoms with Crippen molar-refractivity contribution in [2.24, 2.45) is 7.05 Å². The average Bonchev–Trinajstić information content (AvgIpc) is 3.58. The van der Waals surface area contributed by atoms with Crippen molar-refractivity contribution in [2.75, 3.05) is 5.32 Å². The summed E-state index contributed by atoms with van der Waals surface area (Å²) in [7, 11) is 1.85. The maximum absolute atomic E-state index is 4.65. The van der Waals surface area contributed by atoms with E-state index in [-0.39, 0.29) is 0 Å². The zero-order valence-electron chi connectivity index (χ0n) is 18.4. The number of nitrogens with zero attached hydrogens (tertiary/aromatic N) is 10. The van der Waals surface area contributed by atoms with Crippen molar-refractivity contribution in [3.8, 4) is 22.9 Å². The second-order valence-corrected chi connectivity index (χ2v) is 7.68. The number of aromatic nitrogens is 10. The van der Waals surface area contributed by atoms with Gasteiger partial charge in [-0.05, 0) is 37.3 Å². The molecule has 0 fully saturated rings. The molecule has 0 saturated carbocycles. The normalized spacial score (nSPS) is 11.2. The highest BCUT2D eigenvalue weighted by Crippen LogP contribution is 2.25. The third-order valence-corrected chi connectivity index (χ3v) is 5.35. The van der Waals surface area contributed by atoms with E-state index in [9.17, 15) is 0 Å². The SMILES string of the molecule is Cc1cc(-n2nnc3cc(-c4ccnc(Nc5ccnn5C)n4)ccc32)n(-c2ccccn2)n1. The summed E-state index contributed by atoms with van der Waals surface area (Å²) >= 11 is 0. The van der Waals surface area contributed by atoms with E-state index in [1.807, 2.05) is 68.6 Å². The van der Waals surface area contributed by atoms with Crippen molar-refractivity contribution >= 4 is 22.8 Å². The van der Waals surface area contributed by atoms with E-state index in [1.165, 1.54) is 0 Å². The van der Waals surface area contributed by atoms with Crippen molar-refractivity contribution < 1.29 is 0 Å². The van der Waals surface area contributed by atoms with Gasteiger partial charge in [-0.3, -0.25) is 4.68 Å². The Kier molecular flexibility index (Phi) is 4.58. The minimum atomic E-state index is 0.486. The lowest BCUT2D eigenvalue weighted by Crippen LogP contribution is -2.08. The quantitative estimate of drug-likeness (QED) is 0.426. The highest BCUT2D eigenvalue weighted by atomic mass is 15.5. The molecule has 0 amide bonds. The summed E-state index contributed by atoms with van der Waals surface area (Å²) in [4.78, 5) is 13.4. The molecule has 11 heteroatoms. The Morgan fingerprint density at radius 1 is 0.882 bits per heavy atom. The maximum Gasteiger partial charge on any atom is 0.228 e. The second kappa shape index (κ2) is 7.89. The van der Waals surface area contributed by atoms with Crippen molar-refractivity contribution in [1.29, 1.82) is 0 Å². The molecule has 166 valence electrons. The van der Waals surface area contributed by atoms with Crippen molar-refractivity contribution in [3.05, 3.63) is 78.9 Å². The van der Waals surface area contributed by atoms with Gasteiger partial charge < -0.3 is 5.32 Å². The topological polar surface area (TPSA) is 117 Å². The molecule has 0 radical (unpaired) electrons. The Balaban J connectivity index is 1.37. The van der Waals surface area contributed by atoms with Crippen LogP contribution in [0.15, 0.2) is 73.2 Å². The number of pyridine rings is 1. The molecule has 0 atom stereocenters. The van der Waals surface area contributed by atoms with Gasteiger partial charge in [0.2, 0.25) is 5.95 Å². The molecule has 6 aromatic rings. The summed E-state index contributed by atoms with van der Waals surface area (Å²) in [6.45, 7) is 1.94. The van der Waals surface area contributed by atoms with Crippen LogP contribution < -0.4 is 5.32 Å². The standard InChI is InChI=1S/C23H19N11/c1-15-13-22(34(30-15)20-5-3-4-10-24-20)33-19-7-6-16(14-18(19)29-31-33)17-8-11-25-23(27-17)28-21-9-12-26-32(21)2/h3-14H,1-2H3,(H,25,27,28). The van der Waals surface area contributed by atoms with Gasteiger partial charge in [-0.25, -0.2) is 15.0 Å². The van der Waals surface area contributed by atoms with Crippen LogP contribution in [0.5, 0.6) is 0 Å². The van der Waals surface area contributed by atoms with Crippen LogP contribution in [-0.4, -0.2) is 49.5 Å². The molecular formula is C23H19N11. The average molecular weight is 449 g/mol. The predicted molar refractivity (Wildman–Crippen MR) is 126 cm³/mol. The number of benzene rings is 1. The molecule has 1 N–H and O–H groups in total. The summed E-state index contributed by atoms with van der Waals surface area (Å²) in [5.41, 5.74) is 4.12. The highest BCUT2D eigenvalue weighted by Gasteiger charge is 2.16. The second-order valence-electron chi connectivity index (χ2n) is 7.68. The van der Waals surface area contributed by atoms with Gasteiger partial charge >= 0.3 is 0 Å². The van der Waals surface area contributed by atoms with Crippen molar-refractivity contribution in [3.63, 3.8) is 0 Å². The van der Waals surface area contributed by atoms with E-state index < -0.39 is 0 Å². The van der Waals surface area contributed by atoms with Crippen LogP contribution in [-0.2, 0) is 7.05 Å². The molecule has 0 spiro atoms. The summed E-state index contributed by atoms with van der Waals surface area (Å²) in [5, 5.41) is 20.7. The zero-order valence-corrected chi connectivity index (χ0v) is 18.4. The van der Waals surface area contributed by atoms with Gasteiger partial charge in [0.25, 0.3) is 0 Å². The molecule has 0 aliphatic rings. The number of rotatable bonds is 5. The van der Waals surface area contributed by atoms with Crippen LogP contribution in [0, 0.1) is 6.92 Å².